The highest BCUT2D eigenvalue weighted by Gasteiger charge is 2.19. The summed E-state index contributed by atoms with van der Waals surface area (Å²) in [5.74, 6) is -0.279. The normalized spacial score (nSPS) is 11.3. The summed E-state index contributed by atoms with van der Waals surface area (Å²) in [6, 6.07) is 15.7. The molecule has 0 amide bonds. The molecular formula is C22H19NO3. The average Bonchev–Trinajstić information content (AvgIpc) is 2.99. The maximum Gasteiger partial charge on any atom is 0.339 e. The highest BCUT2D eigenvalue weighted by Crippen LogP contribution is 2.33. The van der Waals surface area contributed by atoms with E-state index in [9.17, 15) is 9.59 Å². The van der Waals surface area contributed by atoms with Gasteiger partial charge in [0.25, 0.3) is 0 Å². The molecule has 0 spiro atoms. The predicted molar refractivity (Wildman–Crippen MR) is 103 cm³/mol. The molecule has 0 atom stereocenters. The number of ether oxygens (including phenoxy) is 1. The van der Waals surface area contributed by atoms with Crippen molar-refractivity contribution in [1.82, 2.24) is 4.40 Å². The standard InChI is InChI=1S/C22H19NO3/c1-4-26-22(25)18-12-21-17-8-6-5-7-16(17)19-11-15(14(3)24)9-10-20(19)23(21)13(18)2/h5-12H,4H2,1-3H3. The first-order valence-corrected chi connectivity index (χ1v) is 8.67. The number of Topliss-reactive ketones (excluding diaryl/α,β-unsaturated/α-hetero) is 1. The molecule has 0 N–H and O–H groups in total. The maximum absolute atomic E-state index is 12.4. The minimum atomic E-state index is -0.314. The fourth-order valence-electron chi connectivity index (χ4n) is 3.64. The molecule has 0 aliphatic carbocycles. The molecule has 26 heavy (non-hydrogen) atoms. The van der Waals surface area contributed by atoms with Gasteiger partial charge in [-0.3, -0.25) is 4.79 Å². The van der Waals surface area contributed by atoms with Crippen molar-refractivity contribution < 1.29 is 14.3 Å². The topological polar surface area (TPSA) is 47.8 Å². The summed E-state index contributed by atoms with van der Waals surface area (Å²) >= 11 is 0. The third-order valence-corrected chi connectivity index (χ3v) is 4.88. The lowest BCUT2D eigenvalue weighted by atomic mass is 10.0. The number of benzene rings is 2. The number of carbonyl (C=O) groups is 2. The lowest BCUT2D eigenvalue weighted by molar-refractivity contribution is 0.0525. The van der Waals surface area contributed by atoms with Crippen LogP contribution < -0.4 is 0 Å². The molecular weight excluding hydrogens is 326 g/mol. The zero-order chi connectivity index (χ0) is 18.4. The largest absolute Gasteiger partial charge is 0.462 e. The van der Waals surface area contributed by atoms with E-state index in [2.05, 4.69) is 4.40 Å². The van der Waals surface area contributed by atoms with Crippen LogP contribution in [-0.4, -0.2) is 22.8 Å². The number of nitrogens with zero attached hydrogens (tertiary/aromatic N) is 1. The Morgan fingerprint density at radius 1 is 0.962 bits per heavy atom. The van der Waals surface area contributed by atoms with Gasteiger partial charge in [-0.1, -0.05) is 24.3 Å². The minimum absolute atomic E-state index is 0.0347. The van der Waals surface area contributed by atoms with Gasteiger partial charge >= 0.3 is 5.97 Å². The molecule has 130 valence electrons. The van der Waals surface area contributed by atoms with Crippen LogP contribution in [0.5, 0.6) is 0 Å². The number of pyridine rings is 1. The average molecular weight is 345 g/mol. The summed E-state index contributed by atoms with van der Waals surface area (Å²) in [6.45, 7) is 5.64. The quantitative estimate of drug-likeness (QED) is 0.300. The number of hydrogen-bond acceptors (Lipinski definition) is 3. The molecule has 0 unspecified atom stereocenters. The smallest absolute Gasteiger partial charge is 0.339 e. The van der Waals surface area contributed by atoms with Crippen molar-refractivity contribution >= 4 is 38.9 Å². The number of ketones is 1. The number of esters is 1. The number of fused-ring (bicyclic) bond motifs is 6. The van der Waals surface area contributed by atoms with Gasteiger partial charge in [-0.2, -0.15) is 0 Å². The Balaban J connectivity index is 2.20. The third-order valence-electron chi connectivity index (χ3n) is 4.88. The highest BCUT2D eigenvalue weighted by molar-refractivity contribution is 6.15. The molecule has 0 aliphatic rings. The van der Waals surface area contributed by atoms with E-state index in [1.54, 1.807) is 13.8 Å². The van der Waals surface area contributed by atoms with E-state index in [4.69, 9.17) is 4.74 Å². The Morgan fingerprint density at radius 2 is 1.69 bits per heavy atom. The van der Waals surface area contributed by atoms with Gasteiger partial charge in [0.2, 0.25) is 0 Å². The van der Waals surface area contributed by atoms with Crippen molar-refractivity contribution in [1.29, 1.82) is 0 Å². The van der Waals surface area contributed by atoms with Crippen LogP contribution in [0, 0.1) is 6.92 Å². The summed E-state index contributed by atoms with van der Waals surface area (Å²) in [7, 11) is 0. The summed E-state index contributed by atoms with van der Waals surface area (Å²) in [6.07, 6.45) is 0. The molecule has 4 rings (SSSR count). The molecule has 0 aliphatic heterocycles. The molecule has 2 aromatic heterocycles. The molecule has 0 radical (unpaired) electrons. The van der Waals surface area contributed by atoms with Crippen LogP contribution in [0.3, 0.4) is 0 Å². The molecule has 0 bridgehead atoms. The Labute approximate surface area is 151 Å². The fourth-order valence-corrected chi connectivity index (χ4v) is 3.64. The molecule has 2 heterocycles. The molecule has 0 saturated carbocycles. The minimum Gasteiger partial charge on any atom is -0.462 e. The number of carbonyl (C=O) groups excluding carboxylic acids is 2. The van der Waals surface area contributed by atoms with Crippen molar-refractivity contribution in [3.63, 3.8) is 0 Å². The molecule has 4 heteroatoms. The van der Waals surface area contributed by atoms with Crippen LogP contribution in [0.4, 0.5) is 0 Å². The SMILES string of the molecule is CCOC(=O)c1cc2c3ccccc3c3cc(C(C)=O)ccc3n2c1C. The molecule has 0 fully saturated rings. The van der Waals surface area contributed by atoms with Gasteiger partial charge < -0.3 is 9.14 Å². The Morgan fingerprint density at radius 3 is 2.38 bits per heavy atom. The summed E-state index contributed by atoms with van der Waals surface area (Å²) in [5, 5.41) is 3.10. The van der Waals surface area contributed by atoms with E-state index >= 15 is 0 Å². The van der Waals surface area contributed by atoms with Crippen molar-refractivity contribution in [3.05, 3.63) is 65.4 Å². The highest BCUT2D eigenvalue weighted by atomic mass is 16.5. The molecule has 2 aromatic carbocycles. The van der Waals surface area contributed by atoms with E-state index in [1.165, 1.54) is 0 Å². The summed E-state index contributed by atoms with van der Waals surface area (Å²) in [4.78, 5) is 24.2. The van der Waals surface area contributed by atoms with Gasteiger partial charge in [-0.25, -0.2) is 4.79 Å². The second-order valence-corrected chi connectivity index (χ2v) is 6.42. The Hall–Kier alpha value is -3.14. The Bertz CT molecular complexity index is 1200. The lowest BCUT2D eigenvalue weighted by Gasteiger charge is -2.11. The van der Waals surface area contributed by atoms with Crippen molar-refractivity contribution in [2.45, 2.75) is 20.8 Å². The van der Waals surface area contributed by atoms with Crippen molar-refractivity contribution in [3.8, 4) is 0 Å². The van der Waals surface area contributed by atoms with Crippen LogP contribution in [0.15, 0.2) is 48.5 Å². The van der Waals surface area contributed by atoms with Gasteiger partial charge in [0.05, 0.1) is 23.2 Å². The molecule has 4 aromatic rings. The number of aromatic nitrogens is 1. The third kappa shape index (κ3) is 2.30. The first-order chi connectivity index (χ1) is 12.5. The predicted octanol–water partition coefficient (Wildman–Crippen LogP) is 4.93. The Kier molecular flexibility index (Phi) is 3.76. The fraction of sp³-hybridized carbons (Fsp3) is 0.182. The second-order valence-electron chi connectivity index (χ2n) is 6.42. The van der Waals surface area contributed by atoms with Crippen LogP contribution in [-0.2, 0) is 4.74 Å². The van der Waals surface area contributed by atoms with Gasteiger partial charge in [0.15, 0.2) is 5.78 Å². The lowest BCUT2D eigenvalue weighted by Crippen LogP contribution is -2.05. The van der Waals surface area contributed by atoms with Gasteiger partial charge in [0.1, 0.15) is 0 Å². The van der Waals surface area contributed by atoms with Gasteiger partial charge in [-0.05, 0) is 50.4 Å². The number of hydrogen-bond donors (Lipinski definition) is 0. The second kappa shape index (κ2) is 5.99. The van der Waals surface area contributed by atoms with Crippen LogP contribution in [0.25, 0.3) is 27.2 Å². The monoisotopic (exact) mass is 345 g/mol. The van der Waals surface area contributed by atoms with E-state index in [1.807, 2.05) is 55.5 Å². The zero-order valence-electron chi connectivity index (χ0n) is 15.0. The van der Waals surface area contributed by atoms with Gasteiger partial charge in [0, 0.05) is 22.0 Å². The molecule has 0 saturated heterocycles. The number of rotatable bonds is 3. The van der Waals surface area contributed by atoms with Gasteiger partial charge in [-0.15, -0.1) is 0 Å². The van der Waals surface area contributed by atoms with E-state index in [0.29, 0.717) is 17.7 Å². The van der Waals surface area contributed by atoms with E-state index in [0.717, 1.165) is 32.9 Å². The van der Waals surface area contributed by atoms with Crippen LogP contribution in [0.2, 0.25) is 0 Å². The van der Waals surface area contributed by atoms with Crippen molar-refractivity contribution in [2.24, 2.45) is 0 Å². The van der Waals surface area contributed by atoms with E-state index in [-0.39, 0.29) is 11.8 Å². The maximum atomic E-state index is 12.4. The first kappa shape index (κ1) is 16.3. The van der Waals surface area contributed by atoms with E-state index < -0.39 is 0 Å². The van der Waals surface area contributed by atoms with Crippen molar-refractivity contribution in [2.75, 3.05) is 6.61 Å². The molecule has 4 nitrogen and oxygen atoms in total. The van der Waals surface area contributed by atoms with Crippen LogP contribution in [0.1, 0.15) is 40.3 Å². The number of aryl methyl sites for hydroxylation is 1. The van der Waals surface area contributed by atoms with Crippen LogP contribution >= 0.6 is 0 Å². The summed E-state index contributed by atoms with van der Waals surface area (Å²) < 4.78 is 7.29. The zero-order valence-corrected chi connectivity index (χ0v) is 15.0. The first-order valence-electron chi connectivity index (χ1n) is 8.67. The summed E-state index contributed by atoms with van der Waals surface area (Å²) in [5.41, 5.74) is 4.02.